The predicted octanol–water partition coefficient (Wildman–Crippen LogP) is 8.53. The maximum absolute atomic E-state index is 6.98. The zero-order valence-electron chi connectivity index (χ0n) is 24.6. The van der Waals surface area contributed by atoms with Crippen molar-refractivity contribution < 1.29 is 9.47 Å². The van der Waals surface area contributed by atoms with Crippen LogP contribution in [0, 0.1) is 0 Å². The van der Waals surface area contributed by atoms with Gasteiger partial charge in [-0.15, -0.1) is 0 Å². The summed E-state index contributed by atoms with van der Waals surface area (Å²) in [6.07, 6.45) is 8.83. The number of fused-ring (bicyclic) bond motifs is 8. The SMILES string of the molecule is C1=CN(Cc2ccc3c(c2)Oc2ccccc2-c2ccccc2Oc2cc(N4c5ccccc5C5C=CN6CC564)ccc2-3)NC1. The molecule has 0 saturated carbocycles. The number of hydrogen-bond donors (Lipinski definition) is 1. The van der Waals surface area contributed by atoms with Gasteiger partial charge in [-0.05, 0) is 53.7 Å². The van der Waals surface area contributed by atoms with Gasteiger partial charge in [0.25, 0.3) is 0 Å². The molecule has 1 N–H and O–H groups in total. The minimum atomic E-state index is -0.0707. The lowest BCUT2D eigenvalue weighted by Gasteiger charge is -2.29. The molecule has 1 fully saturated rings. The summed E-state index contributed by atoms with van der Waals surface area (Å²) in [5.74, 6) is 3.56. The van der Waals surface area contributed by atoms with E-state index < -0.39 is 0 Å². The highest BCUT2D eigenvalue weighted by Gasteiger charge is 2.67. The van der Waals surface area contributed by atoms with E-state index in [4.69, 9.17) is 9.47 Å². The number of benzene rings is 5. The Morgan fingerprint density at radius 1 is 0.689 bits per heavy atom. The summed E-state index contributed by atoms with van der Waals surface area (Å²) in [5, 5.41) is 2.11. The number of nitrogens with zero attached hydrogens (tertiary/aromatic N) is 3. The Bertz CT molecular complexity index is 2090. The van der Waals surface area contributed by atoms with E-state index in [1.807, 2.05) is 24.3 Å². The van der Waals surface area contributed by atoms with Crippen LogP contribution in [0.15, 0.2) is 134 Å². The number of ether oxygens (including phenoxy) is 2. The van der Waals surface area contributed by atoms with Gasteiger partial charge in [0, 0.05) is 58.4 Å². The molecular weight excluding hydrogens is 556 g/mol. The molecule has 45 heavy (non-hydrogen) atoms. The van der Waals surface area contributed by atoms with Crippen LogP contribution >= 0.6 is 0 Å². The van der Waals surface area contributed by atoms with Gasteiger partial charge >= 0.3 is 0 Å². The predicted molar refractivity (Wildman–Crippen MR) is 176 cm³/mol. The maximum Gasteiger partial charge on any atom is 0.145 e. The first kappa shape index (κ1) is 24.9. The van der Waals surface area contributed by atoms with Gasteiger partial charge in [-0.3, -0.25) is 0 Å². The summed E-state index contributed by atoms with van der Waals surface area (Å²) < 4.78 is 13.8. The van der Waals surface area contributed by atoms with Crippen molar-refractivity contribution in [3.8, 4) is 45.3 Å². The van der Waals surface area contributed by atoms with Gasteiger partial charge in [-0.25, -0.2) is 5.43 Å². The molecule has 1 saturated heterocycles. The van der Waals surface area contributed by atoms with Gasteiger partial charge in [-0.1, -0.05) is 78.9 Å². The lowest BCUT2D eigenvalue weighted by atomic mass is 9.96. The first-order chi connectivity index (χ1) is 22.3. The lowest BCUT2D eigenvalue weighted by molar-refractivity contribution is 0.298. The standard InChI is InChI=1S/C39H30N4O2/c1-4-11-34-32(10-1)33-18-21-41-25-39(33,41)43(34)27-15-17-31-30-16-14-26(24-42-20-7-19-40-42)22-37(30)44-35-12-5-2-8-28(35)29-9-3-6-13-36(29)45-38(31)23-27/h1-18,20-23,33,40H,19,24-25H2. The number of nitrogens with one attached hydrogen (secondary N) is 1. The molecule has 0 aliphatic carbocycles. The zero-order chi connectivity index (χ0) is 29.5. The van der Waals surface area contributed by atoms with Gasteiger partial charge in [0.2, 0.25) is 0 Å². The Hall–Kier alpha value is -5.46. The molecule has 218 valence electrons. The molecular formula is C39H30N4O2. The second-order valence-corrected chi connectivity index (χ2v) is 12.3. The monoisotopic (exact) mass is 586 g/mol. The number of anilines is 2. The van der Waals surface area contributed by atoms with Crippen molar-refractivity contribution >= 4 is 11.4 Å². The summed E-state index contributed by atoms with van der Waals surface area (Å²) >= 11 is 0. The van der Waals surface area contributed by atoms with Crippen molar-refractivity contribution in [2.24, 2.45) is 0 Å². The van der Waals surface area contributed by atoms with Crippen LogP contribution < -0.4 is 19.8 Å². The number of hydrazine groups is 1. The fourth-order valence-corrected chi connectivity index (χ4v) is 7.66. The smallest absolute Gasteiger partial charge is 0.145 e. The number of hydrogen-bond acceptors (Lipinski definition) is 6. The molecule has 5 aliphatic rings. The Morgan fingerprint density at radius 2 is 1.38 bits per heavy atom. The third-order valence-electron chi connectivity index (χ3n) is 9.77. The van der Waals surface area contributed by atoms with Crippen LogP contribution in [0.4, 0.5) is 11.4 Å². The summed E-state index contributed by atoms with van der Waals surface area (Å²) in [6.45, 7) is 2.60. The summed E-state index contributed by atoms with van der Waals surface area (Å²) in [4.78, 5) is 4.97. The molecule has 2 atom stereocenters. The van der Waals surface area contributed by atoms with Crippen LogP contribution in [0.1, 0.15) is 17.0 Å². The van der Waals surface area contributed by atoms with E-state index in [2.05, 4.69) is 130 Å². The zero-order valence-corrected chi connectivity index (χ0v) is 24.6. The van der Waals surface area contributed by atoms with Crippen molar-refractivity contribution in [1.82, 2.24) is 15.3 Å². The van der Waals surface area contributed by atoms with E-state index in [0.29, 0.717) is 5.92 Å². The Kier molecular flexibility index (Phi) is 5.14. The van der Waals surface area contributed by atoms with Crippen molar-refractivity contribution in [2.75, 3.05) is 18.0 Å². The van der Waals surface area contributed by atoms with Crippen LogP contribution in [0.2, 0.25) is 0 Å². The Morgan fingerprint density at radius 3 is 2.13 bits per heavy atom. The topological polar surface area (TPSA) is 40.0 Å². The van der Waals surface area contributed by atoms with Crippen molar-refractivity contribution in [1.29, 1.82) is 0 Å². The third-order valence-corrected chi connectivity index (χ3v) is 9.77. The van der Waals surface area contributed by atoms with E-state index >= 15 is 0 Å². The average molecular weight is 587 g/mol. The third kappa shape index (κ3) is 3.66. The molecule has 5 heterocycles. The molecule has 5 aliphatic heterocycles. The second kappa shape index (κ2) is 9.27. The normalized spacial score (nSPS) is 21.1. The van der Waals surface area contributed by atoms with Crippen molar-refractivity contribution in [3.05, 3.63) is 145 Å². The average Bonchev–Trinajstić information content (AvgIpc) is 3.36. The lowest BCUT2D eigenvalue weighted by Crippen LogP contribution is -2.34. The maximum atomic E-state index is 6.98. The summed E-state index contributed by atoms with van der Waals surface area (Å²) in [5.41, 5.74) is 12.2. The van der Waals surface area contributed by atoms with E-state index in [-0.39, 0.29) is 5.66 Å². The fraction of sp³-hybridized carbons (Fsp3) is 0.128. The molecule has 10 rings (SSSR count). The van der Waals surface area contributed by atoms with E-state index in [0.717, 1.165) is 76.1 Å². The molecule has 0 radical (unpaired) electrons. The molecule has 0 amide bonds. The largest absolute Gasteiger partial charge is 0.456 e. The van der Waals surface area contributed by atoms with Crippen LogP contribution in [0.3, 0.4) is 0 Å². The van der Waals surface area contributed by atoms with Crippen LogP contribution in [-0.4, -0.2) is 28.7 Å². The van der Waals surface area contributed by atoms with E-state index in [9.17, 15) is 0 Å². The number of para-hydroxylation sites is 3. The van der Waals surface area contributed by atoms with Gasteiger partial charge in [0.05, 0.1) is 13.1 Å². The Labute approximate surface area is 262 Å². The molecule has 0 bridgehead atoms. The quantitative estimate of drug-likeness (QED) is 0.210. The number of rotatable bonds is 3. The molecule has 0 aromatic heterocycles. The summed E-state index contributed by atoms with van der Waals surface area (Å²) in [7, 11) is 0. The van der Waals surface area contributed by atoms with Gasteiger partial charge < -0.3 is 24.3 Å². The fourth-order valence-electron chi connectivity index (χ4n) is 7.66. The molecule has 5 aromatic carbocycles. The second-order valence-electron chi connectivity index (χ2n) is 12.3. The molecule has 6 heteroatoms. The highest BCUT2D eigenvalue weighted by Crippen LogP contribution is 2.63. The first-order valence-corrected chi connectivity index (χ1v) is 15.6. The van der Waals surface area contributed by atoms with E-state index in [1.165, 1.54) is 11.3 Å². The molecule has 6 nitrogen and oxygen atoms in total. The molecule has 1 spiro atoms. The molecule has 2 unspecified atom stereocenters. The van der Waals surface area contributed by atoms with Crippen molar-refractivity contribution in [2.45, 2.75) is 18.1 Å². The summed E-state index contributed by atoms with van der Waals surface area (Å²) in [6, 6.07) is 38.5. The highest BCUT2D eigenvalue weighted by atomic mass is 16.5. The van der Waals surface area contributed by atoms with Gasteiger partial charge in [0.15, 0.2) is 0 Å². The van der Waals surface area contributed by atoms with Crippen LogP contribution in [-0.2, 0) is 6.54 Å². The minimum Gasteiger partial charge on any atom is -0.456 e. The van der Waals surface area contributed by atoms with Crippen LogP contribution in [0.25, 0.3) is 22.3 Å². The Balaban J connectivity index is 1.16. The first-order valence-electron chi connectivity index (χ1n) is 15.6. The van der Waals surface area contributed by atoms with Gasteiger partial charge in [-0.2, -0.15) is 0 Å². The molecule has 5 aromatic rings. The highest BCUT2D eigenvalue weighted by molar-refractivity contribution is 5.85. The van der Waals surface area contributed by atoms with E-state index in [1.54, 1.807) is 0 Å². The van der Waals surface area contributed by atoms with Crippen LogP contribution in [0.5, 0.6) is 23.0 Å². The van der Waals surface area contributed by atoms with Crippen molar-refractivity contribution in [3.63, 3.8) is 0 Å². The minimum absolute atomic E-state index is 0.0707. The van der Waals surface area contributed by atoms with Gasteiger partial charge in [0.1, 0.15) is 28.7 Å².